The zero-order chi connectivity index (χ0) is 13.5. The number of nitrogens with one attached hydrogen (secondary N) is 1. The summed E-state index contributed by atoms with van der Waals surface area (Å²) < 4.78 is 5.32. The van der Waals surface area contributed by atoms with Gasteiger partial charge in [-0.1, -0.05) is 6.07 Å². The third kappa shape index (κ3) is 4.88. The highest BCUT2D eigenvalue weighted by atomic mass is 32.2. The quantitative estimate of drug-likeness (QED) is 0.838. The summed E-state index contributed by atoms with van der Waals surface area (Å²) in [5.74, 6) is 0.766. The zero-order valence-electron chi connectivity index (χ0n) is 11.4. The molecule has 104 valence electrons. The van der Waals surface area contributed by atoms with Crippen LogP contribution in [0.2, 0.25) is 0 Å². The fourth-order valence-corrected chi connectivity index (χ4v) is 2.75. The second-order valence-corrected chi connectivity index (χ2v) is 5.75. The van der Waals surface area contributed by atoms with Crippen molar-refractivity contribution >= 4 is 23.4 Å². The van der Waals surface area contributed by atoms with E-state index in [1.54, 1.807) is 11.8 Å². The van der Waals surface area contributed by atoms with Gasteiger partial charge in [0.25, 0.3) is 0 Å². The molecule has 0 spiro atoms. The van der Waals surface area contributed by atoms with Gasteiger partial charge >= 0.3 is 0 Å². The molecule has 19 heavy (non-hydrogen) atoms. The number of carbonyl (C=O) groups is 1. The van der Waals surface area contributed by atoms with Crippen molar-refractivity contribution in [3.05, 3.63) is 24.3 Å². The third-order valence-electron chi connectivity index (χ3n) is 3.47. The van der Waals surface area contributed by atoms with Crippen LogP contribution in [-0.2, 0) is 9.53 Å². The Morgan fingerprint density at radius 2 is 2.21 bits per heavy atom. The maximum atomic E-state index is 11.9. The van der Waals surface area contributed by atoms with Crippen LogP contribution in [0.25, 0.3) is 0 Å². The minimum Gasteiger partial charge on any atom is -0.381 e. The lowest BCUT2D eigenvalue weighted by molar-refractivity contribution is -0.116. The topological polar surface area (TPSA) is 38.3 Å². The summed E-state index contributed by atoms with van der Waals surface area (Å²) in [6.45, 7) is 1.70. The van der Waals surface area contributed by atoms with Crippen LogP contribution >= 0.6 is 11.8 Å². The largest absolute Gasteiger partial charge is 0.381 e. The van der Waals surface area contributed by atoms with Crippen LogP contribution in [0.15, 0.2) is 29.2 Å². The van der Waals surface area contributed by atoms with E-state index in [1.165, 1.54) is 4.90 Å². The molecule has 0 saturated carbocycles. The highest BCUT2D eigenvalue weighted by Gasteiger charge is 2.15. The van der Waals surface area contributed by atoms with Gasteiger partial charge in [-0.05, 0) is 49.6 Å². The smallest absolute Gasteiger partial charge is 0.224 e. The van der Waals surface area contributed by atoms with E-state index in [4.69, 9.17) is 4.74 Å². The molecule has 1 aliphatic rings. The number of ether oxygens (including phenoxy) is 1. The molecule has 1 aliphatic heterocycles. The van der Waals surface area contributed by atoms with E-state index in [0.29, 0.717) is 12.3 Å². The predicted octanol–water partition coefficient (Wildman–Crippen LogP) is 3.55. The van der Waals surface area contributed by atoms with E-state index in [-0.39, 0.29) is 5.91 Å². The summed E-state index contributed by atoms with van der Waals surface area (Å²) in [5.41, 5.74) is 0.892. The second-order valence-electron chi connectivity index (χ2n) is 4.87. The van der Waals surface area contributed by atoms with Gasteiger partial charge in [-0.2, -0.15) is 0 Å². The Morgan fingerprint density at radius 1 is 1.42 bits per heavy atom. The summed E-state index contributed by atoms with van der Waals surface area (Å²) in [6.07, 6.45) is 5.79. The third-order valence-corrected chi connectivity index (χ3v) is 4.20. The standard InChI is InChI=1S/C15H21NO2S/c1-19-14-4-2-3-13(11-14)16-15(17)6-5-12-7-9-18-10-8-12/h2-4,11-12H,5-10H2,1H3,(H,16,17). The molecule has 1 fully saturated rings. The molecule has 0 bridgehead atoms. The Morgan fingerprint density at radius 3 is 2.95 bits per heavy atom. The van der Waals surface area contributed by atoms with E-state index in [1.807, 2.05) is 30.5 Å². The number of hydrogen-bond donors (Lipinski definition) is 1. The van der Waals surface area contributed by atoms with E-state index in [2.05, 4.69) is 5.32 Å². The van der Waals surface area contributed by atoms with Crippen molar-refractivity contribution in [2.75, 3.05) is 24.8 Å². The Bertz CT molecular complexity index is 416. The number of amides is 1. The molecule has 0 radical (unpaired) electrons. The molecule has 0 aliphatic carbocycles. The van der Waals surface area contributed by atoms with Crippen molar-refractivity contribution in [2.24, 2.45) is 5.92 Å². The molecule has 1 N–H and O–H groups in total. The number of thioether (sulfide) groups is 1. The van der Waals surface area contributed by atoms with Crippen molar-refractivity contribution < 1.29 is 9.53 Å². The molecular formula is C15H21NO2S. The van der Waals surface area contributed by atoms with E-state index in [0.717, 1.165) is 38.2 Å². The maximum Gasteiger partial charge on any atom is 0.224 e. The lowest BCUT2D eigenvalue weighted by Gasteiger charge is -2.21. The van der Waals surface area contributed by atoms with Gasteiger partial charge in [0.2, 0.25) is 5.91 Å². The summed E-state index contributed by atoms with van der Waals surface area (Å²) in [5, 5.41) is 2.97. The highest BCUT2D eigenvalue weighted by molar-refractivity contribution is 7.98. The number of carbonyl (C=O) groups excluding carboxylic acids is 1. The normalized spacial score (nSPS) is 16.3. The number of hydrogen-bond acceptors (Lipinski definition) is 3. The molecule has 0 atom stereocenters. The Kier molecular flexibility index (Phi) is 5.73. The number of anilines is 1. The Balaban J connectivity index is 1.76. The predicted molar refractivity (Wildman–Crippen MR) is 79.6 cm³/mol. The average Bonchev–Trinajstić information content (AvgIpc) is 2.46. The summed E-state index contributed by atoms with van der Waals surface area (Å²) >= 11 is 1.68. The summed E-state index contributed by atoms with van der Waals surface area (Å²) in [6, 6.07) is 7.96. The first kappa shape index (κ1) is 14.4. The Labute approximate surface area is 119 Å². The molecule has 1 aromatic carbocycles. The SMILES string of the molecule is CSc1cccc(NC(=O)CCC2CCOCC2)c1. The number of rotatable bonds is 5. The minimum atomic E-state index is 0.116. The second kappa shape index (κ2) is 7.56. The first-order chi connectivity index (χ1) is 9.28. The first-order valence-electron chi connectivity index (χ1n) is 6.79. The molecule has 1 aromatic rings. The van der Waals surface area contributed by atoms with Crippen molar-refractivity contribution in [1.82, 2.24) is 0 Å². The minimum absolute atomic E-state index is 0.116. The van der Waals surface area contributed by atoms with Crippen molar-refractivity contribution in [3.8, 4) is 0 Å². The van der Waals surface area contributed by atoms with E-state index in [9.17, 15) is 4.79 Å². The summed E-state index contributed by atoms with van der Waals surface area (Å²) in [4.78, 5) is 13.1. The van der Waals surface area contributed by atoms with Gasteiger partial charge in [0.1, 0.15) is 0 Å². The molecule has 1 saturated heterocycles. The van der Waals surface area contributed by atoms with Gasteiger partial charge in [-0.3, -0.25) is 4.79 Å². The van der Waals surface area contributed by atoms with Crippen molar-refractivity contribution in [1.29, 1.82) is 0 Å². The monoisotopic (exact) mass is 279 g/mol. The van der Waals surface area contributed by atoms with Crippen LogP contribution in [-0.4, -0.2) is 25.4 Å². The lowest BCUT2D eigenvalue weighted by Crippen LogP contribution is -2.18. The van der Waals surface area contributed by atoms with Gasteiger partial charge in [0, 0.05) is 30.2 Å². The molecule has 0 aromatic heterocycles. The first-order valence-corrected chi connectivity index (χ1v) is 8.02. The average molecular weight is 279 g/mol. The van der Waals surface area contributed by atoms with E-state index < -0.39 is 0 Å². The molecule has 1 heterocycles. The van der Waals surface area contributed by atoms with Gasteiger partial charge in [-0.25, -0.2) is 0 Å². The molecular weight excluding hydrogens is 258 g/mol. The molecule has 4 heteroatoms. The van der Waals surface area contributed by atoms with E-state index >= 15 is 0 Å². The fourth-order valence-electron chi connectivity index (χ4n) is 2.29. The van der Waals surface area contributed by atoms with Crippen LogP contribution in [0.5, 0.6) is 0 Å². The maximum absolute atomic E-state index is 11.9. The number of benzene rings is 1. The van der Waals surface area contributed by atoms with Crippen molar-refractivity contribution in [2.45, 2.75) is 30.6 Å². The summed E-state index contributed by atoms with van der Waals surface area (Å²) in [7, 11) is 0. The van der Waals surface area contributed by atoms with Gasteiger partial charge in [0.05, 0.1) is 0 Å². The zero-order valence-corrected chi connectivity index (χ0v) is 12.2. The highest BCUT2D eigenvalue weighted by Crippen LogP contribution is 2.21. The van der Waals surface area contributed by atoms with Crippen LogP contribution < -0.4 is 5.32 Å². The van der Waals surface area contributed by atoms with Gasteiger partial charge in [0.15, 0.2) is 0 Å². The van der Waals surface area contributed by atoms with Crippen molar-refractivity contribution in [3.63, 3.8) is 0 Å². The van der Waals surface area contributed by atoms with Crippen LogP contribution in [0.1, 0.15) is 25.7 Å². The Hall–Kier alpha value is -1.00. The van der Waals surface area contributed by atoms with Crippen LogP contribution in [0, 0.1) is 5.92 Å². The fraction of sp³-hybridized carbons (Fsp3) is 0.533. The molecule has 1 amide bonds. The van der Waals surface area contributed by atoms with Crippen LogP contribution in [0.3, 0.4) is 0 Å². The molecule has 0 unspecified atom stereocenters. The van der Waals surface area contributed by atoms with Gasteiger partial charge in [-0.15, -0.1) is 11.8 Å². The molecule has 2 rings (SSSR count). The lowest BCUT2D eigenvalue weighted by atomic mass is 9.95. The van der Waals surface area contributed by atoms with Gasteiger partial charge < -0.3 is 10.1 Å². The van der Waals surface area contributed by atoms with Crippen LogP contribution in [0.4, 0.5) is 5.69 Å². The molecule has 3 nitrogen and oxygen atoms in total.